The SMILES string of the molecule is CN(c1ccc(S(C)(=O)=O)cc1F)C1CNC1. The summed E-state index contributed by atoms with van der Waals surface area (Å²) in [4.78, 5) is 1.84. The molecule has 17 heavy (non-hydrogen) atoms. The third kappa shape index (κ3) is 2.42. The molecule has 1 heterocycles. The van der Waals surface area contributed by atoms with E-state index in [0.29, 0.717) is 5.69 Å². The van der Waals surface area contributed by atoms with Crippen molar-refractivity contribution in [3.63, 3.8) is 0 Å². The van der Waals surface area contributed by atoms with Gasteiger partial charge in [-0.3, -0.25) is 0 Å². The van der Waals surface area contributed by atoms with E-state index in [4.69, 9.17) is 0 Å². The van der Waals surface area contributed by atoms with E-state index in [1.54, 1.807) is 0 Å². The Morgan fingerprint density at radius 2 is 2.06 bits per heavy atom. The molecule has 94 valence electrons. The molecule has 1 aliphatic heterocycles. The molecule has 0 spiro atoms. The smallest absolute Gasteiger partial charge is 0.175 e. The molecule has 0 unspecified atom stereocenters. The van der Waals surface area contributed by atoms with E-state index >= 15 is 0 Å². The number of nitrogens with one attached hydrogen (secondary N) is 1. The van der Waals surface area contributed by atoms with Crippen LogP contribution in [0.3, 0.4) is 0 Å². The minimum Gasteiger partial charge on any atom is -0.367 e. The normalized spacial score (nSPS) is 16.6. The molecule has 0 radical (unpaired) electrons. The van der Waals surface area contributed by atoms with Crippen LogP contribution in [0.25, 0.3) is 0 Å². The number of anilines is 1. The van der Waals surface area contributed by atoms with E-state index < -0.39 is 15.7 Å². The molecule has 4 nitrogen and oxygen atoms in total. The molecule has 1 aromatic carbocycles. The first-order valence-electron chi connectivity index (χ1n) is 5.33. The lowest BCUT2D eigenvalue weighted by atomic mass is 10.1. The maximum absolute atomic E-state index is 13.8. The molecule has 1 N–H and O–H groups in total. The molecule has 0 bridgehead atoms. The van der Waals surface area contributed by atoms with Gasteiger partial charge in [0.05, 0.1) is 16.6 Å². The number of sulfone groups is 1. The van der Waals surface area contributed by atoms with Crippen LogP contribution in [0, 0.1) is 5.82 Å². The van der Waals surface area contributed by atoms with Crippen molar-refractivity contribution in [1.82, 2.24) is 5.32 Å². The van der Waals surface area contributed by atoms with Crippen LogP contribution in [0.5, 0.6) is 0 Å². The second-order valence-electron chi connectivity index (χ2n) is 4.31. The van der Waals surface area contributed by atoms with Gasteiger partial charge in [-0.15, -0.1) is 0 Å². The van der Waals surface area contributed by atoms with Crippen molar-refractivity contribution in [2.75, 3.05) is 31.3 Å². The van der Waals surface area contributed by atoms with Gasteiger partial charge in [-0.1, -0.05) is 0 Å². The van der Waals surface area contributed by atoms with Crippen LogP contribution in [0.1, 0.15) is 0 Å². The Kier molecular flexibility index (Phi) is 3.09. The zero-order valence-corrected chi connectivity index (χ0v) is 10.6. The summed E-state index contributed by atoms with van der Waals surface area (Å²) in [5.41, 5.74) is 0.434. The van der Waals surface area contributed by atoms with E-state index in [1.807, 2.05) is 11.9 Å². The standard InChI is InChI=1S/C11H15FN2O2S/c1-14(8-6-13-7-8)11-4-3-9(5-10(11)12)17(2,15)16/h3-5,8,13H,6-7H2,1-2H3. The lowest BCUT2D eigenvalue weighted by molar-refractivity contribution is 0.424. The Morgan fingerprint density at radius 3 is 2.47 bits per heavy atom. The molecule has 1 saturated heterocycles. The molecular weight excluding hydrogens is 243 g/mol. The van der Waals surface area contributed by atoms with Crippen molar-refractivity contribution in [2.24, 2.45) is 0 Å². The Bertz CT molecular complexity index is 526. The van der Waals surface area contributed by atoms with Crippen LogP contribution >= 0.6 is 0 Å². The zero-order valence-electron chi connectivity index (χ0n) is 9.77. The van der Waals surface area contributed by atoms with E-state index in [-0.39, 0.29) is 10.9 Å². The minimum absolute atomic E-state index is 0.0129. The molecule has 1 aromatic rings. The summed E-state index contributed by atoms with van der Waals surface area (Å²) < 4.78 is 36.4. The van der Waals surface area contributed by atoms with Crippen LogP contribution in [-0.2, 0) is 9.84 Å². The fraction of sp³-hybridized carbons (Fsp3) is 0.455. The molecule has 0 saturated carbocycles. The molecular formula is C11H15FN2O2S. The maximum Gasteiger partial charge on any atom is 0.175 e. The third-order valence-corrected chi connectivity index (χ3v) is 4.15. The number of benzene rings is 1. The minimum atomic E-state index is -3.35. The van der Waals surface area contributed by atoms with Gasteiger partial charge in [0.25, 0.3) is 0 Å². The molecule has 1 aliphatic rings. The van der Waals surface area contributed by atoms with Crippen LogP contribution in [0.15, 0.2) is 23.1 Å². The molecule has 0 amide bonds. The Labute approximate surface area is 100 Å². The number of hydrogen-bond acceptors (Lipinski definition) is 4. The monoisotopic (exact) mass is 258 g/mol. The van der Waals surface area contributed by atoms with E-state index in [9.17, 15) is 12.8 Å². The first-order chi connectivity index (χ1) is 7.89. The van der Waals surface area contributed by atoms with Gasteiger partial charge in [0.2, 0.25) is 0 Å². The number of likely N-dealkylation sites (N-methyl/N-ethyl adjacent to an activating group) is 1. The number of halogens is 1. The second-order valence-corrected chi connectivity index (χ2v) is 6.32. The summed E-state index contributed by atoms with van der Waals surface area (Å²) in [5, 5.41) is 3.11. The van der Waals surface area contributed by atoms with Crippen LogP contribution < -0.4 is 10.2 Å². The van der Waals surface area contributed by atoms with Gasteiger partial charge in [0.15, 0.2) is 9.84 Å². The second kappa shape index (κ2) is 4.27. The van der Waals surface area contributed by atoms with Crippen molar-refractivity contribution < 1.29 is 12.8 Å². The number of nitrogens with zero attached hydrogens (tertiary/aromatic N) is 1. The molecule has 2 rings (SSSR count). The van der Waals surface area contributed by atoms with Crippen LogP contribution in [0.4, 0.5) is 10.1 Å². The first-order valence-corrected chi connectivity index (χ1v) is 7.22. The lowest BCUT2D eigenvalue weighted by Crippen LogP contribution is -2.56. The van der Waals surface area contributed by atoms with Gasteiger partial charge < -0.3 is 10.2 Å². The highest BCUT2D eigenvalue weighted by Gasteiger charge is 2.24. The van der Waals surface area contributed by atoms with Gasteiger partial charge in [0, 0.05) is 26.4 Å². The van der Waals surface area contributed by atoms with Crippen molar-refractivity contribution in [1.29, 1.82) is 0 Å². The van der Waals surface area contributed by atoms with Crippen LogP contribution in [-0.4, -0.2) is 40.9 Å². The predicted octanol–water partition coefficient (Wildman–Crippen LogP) is 0.637. The topological polar surface area (TPSA) is 49.4 Å². The van der Waals surface area contributed by atoms with E-state index in [1.165, 1.54) is 12.1 Å². The summed E-state index contributed by atoms with van der Waals surface area (Å²) >= 11 is 0. The van der Waals surface area contributed by atoms with E-state index in [2.05, 4.69) is 5.32 Å². The molecule has 1 fully saturated rings. The van der Waals surface area contributed by atoms with Gasteiger partial charge in [-0.05, 0) is 18.2 Å². The Morgan fingerprint density at radius 1 is 1.41 bits per heavy atom. The van der Waals surface area contributed by atoms with Crippen LogP contribution in [0.2, 0.25) is 0 Å². The highest BCUT2D eigenvalue weighted by Crippen LogP contribution is 2.24. The quantitative estimate of drug-likeness (QED) is 0.864. The fourth-order valence-corrected chi connectivity index (χ4v) is 2.38. The highest BCUT2D eigenvalue weighted by atomic mass is 32.2. The Balaban J connectivity index is 2.31. The molecule has 0 aliphatic carbocycles. The molecule has 6 heteroatoms. The average Bonchev–Trinajstić information content (AvgIpc) is 2.12. The maximum atomic E-state index is 13.8. The van der Waals surface area contributed by atoms with Crippen molar-refractivity contribution in [3.8, 4) is 0 Å². The summed E-state index contributed by atoms with van der Waals surface area (Å²) in [6.45, 7) is 1.65. The number of hydrogen-bond donors (Lipinski definition) is 1. The van der Waals surface area contributed by atoms with Gasteiger partial charge >= 0.3 is 0 Å². The predicted molar refractivity (Wildman–Crippen MR) is 64.6 cm³/mol. The lowest BCUT2D eigenvalue weighted by Gasteiger charge is -2.37. The Hall–Kier alpha value is -1.14. The summed E-state index contributed by atoms with van der Waals surface area (Å²) in [6.07, 6.45) is 1.07. The van der Waals surface area contributed by atoms with E-state index in [0.717, 1.165) is 25.4 Å². The molecule has 0 atom stereocenters. The summed E-state index contributed by atoms with van der Waals surface area (Å²) in [6, 6.07) is 4.31. The largest absolute Gasteiger partial charge is 0.367 e. The first kappa shape index (κ1) is 12.3. The molecule has 0 aromatic heterocycles. The van der Waals surface area contributed by atoms with Gasteiger partial charge in [-0.25, -0.2) is 12.8 Å². The van der Waals surface area contributed by atoms with Gasteiger partial charge in [0.1, 0.15) is 5.82 Å². The van der Waals surface area contributed by atoms with Crippen molar-refractivity contribution in [2.45, 2.75) is 10.9 Å². The fourth-order valence-electron chi connectivity index (χ4n) is 1.75. The third-order valence-electron chi connectivity index (χ3n) is 3.03. The highest BCUT2D eigenvalue weighted by molar-refractivity contribution is 7.90. The van der Waals surface area contributed by atoms with Crippen molar-refractivity contribution >= 4 is 15.5 Å². The van der Waals surface area contributed by atoms with Crippen molar-refractivity contribution in [3.05, 3.63) is 24.0 Å². The zero-order chi connectivity index (χ0) is 12.6. The summed E-state index contributed by atoms with van der Waals surface area (Å²) in [7, 11) is -1.54. The number of rotatable bonds is 3. The summed E-state index contributed by atoms with van der Waals surface area (Å²) in [5.74, 6) is -0.498. The average molecular weight is 258 g/mol. The van der Waals surface area contributed by atoms with Gasteiger partial charge in [-0.2, -0.15) is 0 Å².